The number of hydrogen-bond acceptors (Lipinski definition) is 3. The highest BCUT2D eigenvalue weighted by molar-refractivity contribution is 5.49. The van der Waals surface area contributed by atoms with Crippen LogP contribution >= 0.6 is 0 Å². The van der Waals surface area contributed by atoms with Crippen LogP contribution in [0.3, 0.4) is 0 Å². The molecule has 2 rings (SSSR count). The predicted octanol–water partition coefficient (Wildman–Crippen LogP) is 1.04. The zero-order valence-corrected chi connectivity index (χ0v) is 7.83. The van der Waals surface area contributed by atoms with E-state index in [9.17, 15) is 0 Å². The van der Waals surface area contributed by atoms with Crippen LogP contribution in [0.15, 0.2) is 18.3 Å². The van der Waals surface area contributed by atoms with Gasteiger partial charge in [0.1, 0.15) is 0 Å². The molecule has 3 nitrogen and oxygen atoms in total. The number of nitrogens with zero attached hydrogens (tertiary/aromatic N) is 1. The van der Waals surface area contributed by atoms with Crippen molar-refractivity contribution < 1.29 is 0 Å². The molecule has 1 unspecified atom stereocenters. The summed E-state index contributed by atoms with van der Waals surface area (Å²) in [7, 11) is 0. The highest BCUT2D eigenvalue weighted by Gasteiger charge is 2.49. The van der Waals surface area contributed by atoms with Crippen LogP contribution in [0, 0.1) is 0 Å². The number of nitrogen functional groups attached to an aromatic ring is 1. The molecule has 1 heterocycles. The van der Waals surface area contributed by atoms with Crippen LogP contribution in [0.5, 0.6) is 0 Å². The lowest BCUT2D eigenvalue weighted by atomic mass is 9.93. The van der Waals surface area contributed by atoms with E-state index in [1.165, 1.54) is 0 Å². The normalized spacial score (nSPS) is 21.1. The largest absolute Gasteiger partial charge is 0.397 e. The summed E-state index contributed by atoms with van der Waals surface area (Å²) in [4.78, 5) is 4.33. The molecule has 0 spiro atoms. The Morgan fingerprint density at radius 2 is 2.23 bits per heavy atom. The molecule has 3 heteroatoms. The van der Waals surface area contributed by atoms with Gasteiger partial charge in [-0.05, 0) is 31.9 Å². The first-order valence-corrected chi connectivity index (χ1v) is 4.63. The maximum absolute atomic E-state index is 5.94. The van der Waals surface area contributed by atoms with Crippen molar-refractivity contribution in [2.24, 2.45) is 5.73 Å². The highest BCUT2D eigenvalue weighted by atomic mass is 14.8. The van der Waals surface area contributed by atoms with Gasteiger partial charge in [-0.15, -0.1) is 0 Å². The summed E-state index contributed by atoms with van der Waals surface area (Å²) >= 11 is 0. The lowest BCUT2D eigenvalue weighted by Gasteiger charge is -2.20. The molecule has 1 fully saturated rings. The number of aromatic nitrogens is 1. The predicted molar refractivity (Wildman–Crippen MR) is 53.2 cm³/mol. The molecule has 1 aromatic rings. The second-order valence-electron chi connectivity index (χ2n) is 3.89. The van der Waals surface area contributed by atoms with Crippen molar-refractivity contribution in [3.8, 4) is 0 Å². The Labute approximate surface area is 78.1 Å². The number of hydrogen-bond donors (Lipinski definition) is 2. The van der Waals surface area contributed by atoms with Crippen molar-refractivity contribution in [3.05, 3.63) is 24.0 Å². The topological polar surface area (TPSA) is 64.9 Å². The van der Waals surface area contributed by atoms with Crippen LogP contribution in [-0.2, 0) is 5.41 Å². The molecule has 1 aliphatic rings. The van der Waals surface area contributed by atoms with E-state index in [0.717, 1.165) is 24.2 Å². The summed E-state index contributed by atoms with van der Waals surface area (Å²) in [5.74, 6) is 0. The number of pyridine rings is 1. The maximum atomic E-state index is 5.94. The fraction of sp³-hybridized carbons (Fsp3) is 0.500. The van der Waals surface area contributed by atoms with E-state index in [1.54, 1.807) is 6.20 Å². The smallest absolute Gasteiger partial charge is 0.0709 e. The summed E-state index contributed by atoms with van der Waals surface area (Å²) in [5.41, 5.74) is 13.6. The van der Waals surface area contributed by atoms with Crippen LogP contribution in [0.2, 0.25) is 0 Å². The van der Waals surface area contributed by atoms with Crippen molar-refractivity contribution in [2.45, 2.75) is 31.2 Å². The summed E-state index contributed by atoms with van der Waals surface area (Å²) in [5, 5.41) is 0. The van der Waals surface area contributed by atoms with Crippen LogP contribution in [0.1, 0.15) is 25.5 Å². The second kappa shape index (κ2) is 2.70. The Morgan fingerprint density at radius 1 is 1.54 bits per heavy atom. The van der Waals surface area contributed by atoms with E-state index in [-0.39, 0.29) is 11.5 Å². The number of nitrogens with two attached hydrogens (primary N) is 2. The Balaban J connectivity index is 2.41. The van der Waals surface area contributed by atoms with E-state index in [2.05, 4.69) is 4.98 Å². The quantitative estimate of drug-likeness (QED) is 0.709. The Morgan fingerprint density at radius 3 is 2.69 bits per heavy atom. The van der Waals surface area contributed by atoms with E-state index in [4.69, 9.17) is 11.5 Å². The molecule has 0 amide bonds. The summed E-state index contributed by atoms with van der Waals surface area (Å²) in [6.45, 7) is 2.03. The van der Waals surface area contributed by atoms with Crippen molar-refractivity contribution >= 4 is 5.69 Å². The number of rotatable bonds is 2. The van der Waals surface area contributed by atoms with Gasteiger partial charge in [0, 0.05) is 17.7 Å². The lowest BCUT2D eigenvalue weighted by molar-refractivity contribution is 0.544. The molecular formula is C10H15N3. The van der Waals surface area contributed by atoms with E-state index < -0.39 is 0 Å². The fourth-order valence-corrected chi connectivity index (χ4v) is 1.88. The highest BCUT2D eigenvalue weighted by Crippen LogP contribution is 2.50. The minimum atomic E-state index is 0.0747. The van der Waals surface area contributed by atoms with Gasteiger partial charge in [0.15, 0.2) is 0 Å². The first kappa shape index (κ1) is 8.51. The Kier molecular flexibility index (Phi) is 1.77. The minimum Gasteiger partial charge on any atom is -0.397 e. The molecule has 0 radical (unpaired) electrons. The van der Waals surface area contributed by atoms with Gasteiger partial charge >= 0.3 is 0 Å². The molecule has 1 aliphatic carbocycles. The van der Waals surface area contributed by atoms with E-state index in [0.29, 0.717) is 0 Å². The first-order chi connectivity index (χ1) is 6.17. The van der Waals surface area contributed by atoms with E-state index >= 15 is 0 Å². The SMILES string of the molecule is CC(N)C1(c2ncccc2N)CC1. The molecular weight excluding hydrogens is 162 g/mol. The van der Waals surface area contributed by atoms with Crippen molar-refractivity contribution in [1.29, 1.82) is 0 Å². The van der Waals surface area contributed by atoms with Gasteiger partial charge in [-0.3, -0.25) is 4.98 Å². The van der Waals surface area contributed by atoms with Crippen LogP contribution in [0.4, 0.5) is 5.69 Å². The molecule has 0 aromatic carbocycles. The molecule has 1 saturated carbocycles. The molecule has 0 bridgehead atoms. The average molecular weight is 177 g/mol. The third kappa shape index (κ3) is 1.20. The summed E-state index contributed by atoms with van der Waals surface area (Å²) in [6.07, 6.45) is 4.02. The molecule has 1 atom stereocenters. The van der Waals surface area contributed by atoms with Gasteiger partial charge in [0.2, 0.25) is 0 Å². The molecule has 4 N–H and O–H groups in total. The average Bonchev–Trinajstić information content (AvgIpc) is 2.85. The van der Waals surface area contributed by atoms with Crippen molar-refractivity contribution in [1.82, 2.24) is 4.98 Å². The van der Waals surface area contributed by atoms with Crippen LogP contribution in [-0.4, -0.2) is 11.0 Å². The lowest BCUT2D eigenvalue weighted by Crippen LogP contribution is -2.32. The zero-order chi connectivity index (χ0) is 9.47. The summed E-state index contributed by atoms with van der Waals surface area (Å²) < 4.78 is 0. The van der Waals surface area contributed by atoms with E-state index in [1.807, 2.05) is 19.1 Å². The first-order valence-electron chi connectivity index (χ1n) is 4.63. The van der Waals surface area contributed by atoms with Crippen molar-refractivity contribution in [3.63, 3.8) is 0 Å². The molecule has 0 aliphatic heterocycles. The monoisotopic (exact) mass is 177 g/mol. The van der Waals surface area contributed by atoms with Gasteiger partial charge in [0.05, 0.1) is 11.4 Å². The van der Waals surface area contributed by atoms with Gasteiger partial charge in [-0.1, -0.05) is 0 Å². The Hall–Kier alpha value is -1.09. The standard InChI is InChI=1S/C10H15N3/c1-7(11)10(4-5-10)9-8(12)3-2-6-13-9/h2-3,6-7H,4-5,11-12H2,1H3. The molecule has 0 saturated heterocycles. The zero-order valence-electron chi connectivity index (χ0n) is 7.83. The third-order valence-corrected chi connectivity index (χ3v) is 2.97. The minimum absolute atomic E-state index is 0.0747. The second-order valence-corrected chi connectivity index (χ2v) is 3.89. The Bertz CT molecular complexity index is 316. The van der Waals surface area contributed by atoms with Crippen LogP contribution in [0.25, 0.3) is 0 Å². The van der Waals surface area contributed by atoms with Gasteiger partial charge in [0.25, 0.3) is 0 Å². The van der Waals surface area contributed by atoms with Gasteiger partial charge < -0.3 is 11.5 Å². The number of anilines is 1. The molecule has 70 valence electrons. The third-order valence-electron chi connectivity index (χ3n) is 2.97. The van der Waals surface area contributed by atoms with Crippen molar-refractivity contribution in [2.75, 3.05) is 5.73 Å². The summed E-state index contributed by atoms with van der Waals surface area (Å²) in [6, 6.07) is 3.89. The molecule has 13 heavy (non-hydrogen) atoms. The van der Waals surface area contributed by atoms with Crippen LogP contribution < -0.4 is 11.5 Å². The molecule has 1 aromatic heterocycles. The van der Waals surface area contributed by atoms with Gasteiger partial charge in [-0.2, -0.15) is 0 Å². The maximum Gasteiger partial charge on any atom is 0.0709 e. The van der Waals surface area contributed by atoms with Gasteiger partial charge in [-0.25, -0.2) is 0 Å². The fourth-order valence-electron chi connectivity index (χ4n) is 1.88.